The zero-order valence-corrected chi connectivity index (χ0v) is 18.9. The van der Waals surface area contributed by atoms with Crippen LogP contribution in [0.25, 0.3) is 0 Å². The first-order valence-corrected chi connectivity index (χ1v) is 11.1. The molecule has 1 aliphatic rings. The third-order valence-electron chi connectivity index (χ3n) is 4.68. The van der Waals surface area contributed by atoms with Gasteiger partial charge in [-0.1, -0.05) is 31.2 Å². The summed E-state index contributed by atoms with van der Waals surface area (Å²) < 4.78 is 28.5. The molecule has 0 aliphatic heterocycles. The average molecular weight is 463 g/mol. The second kappa shape index (κ2) is 14.0. The van der Waals surface area contributed by atoms with Crippen LogP contribution in [0.1, 0.15) is 53.7 Å². The number of fused-ring (bicyclic) bond motifs is 1. The molecule has 4 N–H and O–H groups in total. The average Bonchev–Trinajstić information content (AvgIpc) is 2.97. The van der Waals surface area contributed by atoms with Gasteiger partial charge in [0.2, 0.25) is 0 Å². The summed E-state index contributed by atoms with van der Waals surface area (Å²) in [5.41, 5.74) is 8.32. The second-order valence-electron chi connectivity index (χ2n) is 6.84. The Labute approximate surface area is 191 Å². The summed E-state index contributed by atoms with van der Waals surface area (Å²) in [7, 11) is 0. The van der Waals surface area contributed by atoms with Crippen molar-refractivity contribution < 1.29 is 18.3 Å². The van der Waals surface area contributed by atoms with Crippen molar-refractivity contribution in [3.63, 3.8) is 0 Å². The predicted octanol–water partition coefficient (Wildman–Crippen LogP) is 5.26. The lowest BCUT2D eigenvalue weighted by molar-refractivity contribution is -0.0500. The van der Waals surface area contributed by atoms with E-state index in [2.05, 4.69) is 40.9 Å². The molecular weight excluding hydrogens is 434 g/mol. The Balaban J connectivity index is 0.000000646. The van der Waals surface area contributed by atoms with Crippen LogP contribution in [0.5, 0.6) is 5.75 Å². The normalized spacial score (nSPS) is 14.4. The van der Waals surface area contributed by atoms with Crippen LogP contribution in [0.2, 0.25) is 0 Å². The first kappa shape index (κ1) is 26.9. The van der Waals surface area contributed by atoms with Gasteiger partial charge in [0.15, 0.2) is 5.17 Å². The predicted molar refractivity (Wildman–Crippen MR) is 127 cm³/mol. The van der Waals surface area contributed by atoms with Crippen molar-refractivity contribution >= 4 is 28.5 Å². The van der Waals surface area contributed by atoms with Crippen molar-refractivity contribution in [2.24, 2.45) is 5.73 Å². The Hall–Kier alpha value is -3.12. The quantitative estimate of drug-likeness (QED) is 0.249. The molecule has 1 atom stereocenters. The molecule has 172 valence electrons. The molecule has 9 heteroatoms. The monoisotopic (exact) mass is 462 g/mol. The number of ether oxygens (including phenoxy) is 1. The van der Waals surface area contributed by atoms with Gasteiger partial charge in [0.05, 0.1) is 6.20 Å². The fourth-order valence-corrected chi connectivity index (χ4v) is 3.16. The summed E-state index contributed by atoms with van der Waals surface area (Å²) in [5, 5.41) is 9.47. The molecule has 0 radical (unpaired) electrons. The third-order valence-corrected chi connectivity index (χ3v) is 5.12. The number of pyridine rings is 1. The lowest BCUT2D eigenvalue weighted by Gasteiger charge is -2.15. The Morgan fingerprint density at radius 3 is 2.56 bits per heavy atom. The zero-order valence-electron chi connectivity index (χ0n) is 18.1. The van der Waals surface area contributed by atoms with Crippen LogP contribution in [-0.2, 0) is 6.42 Å². The van der Waals surface area contributed by atoms with Crippen LogP contribution in [0.3, 0.4) is 0 Å². The highest BCUT2D eigenvalue weighted by molar-refractivity contribution is 8.13. The summed E-state index contributed by atoms with van der Waals surface area (Å²) in [5.74, 6) is 0.00786. The number of carbonyl (C=O) groups excluding carboxylic acids is 1. The van der Waals surface area contributed by atoms with Crippen LogP contribution in [0, 0.1) is 18.3 Å². The molecule has 1 aromatic carbocycles. The molecule has 1 aliphatic carbocycles. The molecule has 0 spiro atoms. The molecule has 0 fully saturated rings. The molecule has 1 heterocycles. The molecule has 1 amide bonds. The van der Waals surface area contributed by atoms with Crippen molar-refractivity contribution in [2.45, 2.75) is 45.1 Å². The van der Waals surface area contributed by atoms with Crippen LogP contribution < -0.4 is 15.8 Å². The first-order chi connectivity index (χ1) is 15.3. The topological polar surface area (TPSA) is 101 Å². The molecule has 1 aromatic heterocycles. The summed E-state index contributed by atoms with van der Waals surface area (Å²) >= 11 is 1.24. The fraction of sp³-hybridized carbons (Fsp3) is 0.348. The number of aryl methyl sites for hydroxylation is 1. The third kappa shape index (κ3) is 8.94. The van der Waals surface area contributed by atoms with E-state index in [1.807, 2.05) is 12.1 Å². The van der Waals surface area contributed by atoms with Crippen LogP contribution in [-0.4, -0.2) is 28.9 Å². The van der Waals surface area contributed by atoms with Gasteiger partial charge >= 0.3 is 6.61 Å². The van der Waals surface area contributed by atoms with Gasteiger partial charge in [0.25, 0.3) is 5.91 Å². The molecule has 2 aromatic rings. The Morgan fingerprint density at radius 1 is 1.31 bits per heavy atom. The minimum atomic E-state index is -2.91. The van der Waals surface area contributed by atoms with E-state index >= 15 is 0 Å². The first-order valence-electron chi connectivity index (χ1n) is 9.86. The van der Waals surface area contributed by atoms with E-state index in [-0.39, 0.29) is 22.5 Å². The lowest BCUT2D eigenvalue weighted by Crippen LogP contribution is -2.14. The van der Waals surface area contributed by atoms with E-state index in [9.17, 15) is 13.6 Å². The van der Waals surface area contributed by atoms with Gasteiger partial charge in [-0.3, -0.25) is 10.2 Å². The largest absolute Gasteiger partial charge is 0.433 e. The van der Waals surface area contributed by atoms with Crippen LogP contribution >= 0.6 is 11.8 Å². The SMILES string of the molecule is C#C.CSC(=N)N.C[C@H]1CCCCc2ccc(NC(=O)c3ccc(OC(F)F)cn3)cc21. The molecule has 0 saturated heterocycles. The zero-order chi connectivity index (χ0) is 24.1. The van der Waals surface area contributed by atoms with Gasteiger partial charge < -0.3 is 15.8 Å². The number of halogens is 2. The number of terminal acetylenes is 1. The van der Waals surface area contributed by atoms with Gasteiger partial charge in [0.1, 0.15) is 11.4 Å². The van der Waals surface area contributed by atoms with Crippen LogP contribution in [0.4, 0.5) is 14.5 Å². The molecule has 3 rings (SSSR count). The number of alkyl halides is 2. The molecule has 0 unspecified atom stereocenters. The van der Waals surface area contributed by atoms with E-state index in [1.165, 1.54) is 47.9 Å². The maximum atomic E-state index is 12.3. The van der Waals surface area contributed by atoms with E-state index in [4.69, 9.17) is 11.1 Å². The fourth-order valence-electron chi connectivity index (χ4n) is 3.16. The molecule has 6 nitrogen and oxygen atoms in total. The molecule has 0 saturated carbocycles. The molecule has 32 heavy (non-hydrogen) atoms. The van der Waals surface area contributed by atoms with Crippen molar-refractivity contribution in [1.82, 2.24) is 4.98 Å². The number of amidine groups is 1. The smallest absolute Gasteiger partial charge is 0.387 e. The summed E-state index contributed by atoms with van der Waals surface area (Å²) in [6.07, 6.45) is 15.5. The van der Waals surface area contributed by atoms with E-state index in [1.54, 1.807) is 6.26 Å². The van der Waals surface area contributed by atoms with Gasteiger partial charge in [0, 0.05) is 5.69 Å². The number of nitrogens with two attached hydrogens (primary N) is 1. The van der Waals surface area contributed by atoms with Gasteiger partial charge in [-0.25, -0.2) is 4.98 Å². The number of hydrogen-bond donors (Lipinski definition) is 3. The van der Waals surface area contributed by atoms with Gasteiger partial charge in [-0.05, 0) is 66.8 Å². The Kier molecular flexibility index (Phi) is 11.8. The maximum Gasteiger partial charge on any atom is 0.387 e. The number of benzene rings is 1. The number of nitrogens with one attached hydrogen (secondary N) is 2. The Morgan fingerprint density at radius 2 is 2.00 bits per heavy atom. The van der Waals surface area contributed by atoms with E-state index in [0.29, 0.717) is 11.6 Å². The lowest BCUT2D eigenvalue weighted by atomic mass is 9.94. The molecular formula is C23H28F2N4O2S. The van der Waals surface area contributed by atoms with E-state index in [0.717, 1.165) is 19.0 Å². The number of thioether (sulfide) groups is 1. The summed E-state index contributed by atoms with van der Waals surface area (Å²) in [6, 6.07) is 8.65. The van der Waals surface area contributed by atoms with Gasteiger partial charge in [-0.2, -0.15) is 8.78 Å². The minimum absolute atomic E-state index is 0.0783. The molecule has 0 bridgehead atoms. The Bertz CT molecular complexity index is 905. The van der Waals surface area contributed by atoms with Crippen LogP contribution in [0.15, 0.2) is 36.5 Å². The number of hydrogen-bond acceptors (Lipinski definition) is 5. The van der Waals surface area contributed by atoms with Crippen molar-refractivity contribution in [2.75, 3.05) is 11.6 Å². The standard InChI is InChI=1S/C19H20F2N2O2.C2H6N2S.C2H2/c1-12-4-2-3-5-13-6-7-14(10-16(12)13)23-18(24)17-9-8-15(11-22-17)25-19(20)21;1-5-2(3)4;1-2/h6-12,19H,2-5H2,1H3,(H,23,24);1H3,(H3,3,4);1-2H/t12-;;/m0../s1. The van der Waals surface area contributed by atoms with Crippen molar-refractivity contribution in [3.8, 4) is 18.6 Å². The second-order valence-corrected chi connectivity index (χ2v) is 7.69. The summed E-state index contributed by atoms with van der Waals surface area (Å²) in [6.45, 7) is -0.706. The maximum absolute atomic E-state index is 12.3. The number of anilines is 1. The van der Waals surface area contributed by atoms with Crippen molar-refractivity contribution in [1.29, 1.82) is 5.41 Å². The highest BCUT2D eigenvalue weighted by Gasteiger charge is 2.16. The highest BCUT2D eigenvalue weighted by Crippen LogP contribution is 2.32. The van der Waals surface area contributed by atoms with Gasteiger partial charge in [-0.15, -0.1) is 12.8 Å². The number of amides is 1. The van der Waals surface area contributed by atoms with Crippen molar-refractivity contribution in [3.05, 3.63) is 53.3 Å². The number of carbonyl (C=O) groups is 1. The number of aromatic nitrogens is 1. The number of rotatable bonds is 4. The highest BCUT2D eigenvalue weighted by atomic mass is 32.2. The number of nitrogens with zero attached hydrogens (tertiary/aromatic N) is 1. The van der Waals surface area contributed by atoms with E-state index < -0.39 is 6.61 Å². The minimum Gasteiger partial charge on any atom is -0.433 e. The summed E-state index contributed by atoms with van der Waals surface area (Å²) in [4.78, 5) is 16.2.